The Morgan fingerprint density at radius 3 is 2.62 bits per heavy atom. The van der Waals surface area contributed by atoms with Gasteiger partial charge in [-0.3, -0.25) is 4.98 Å². The van der Waals surface area contributed by atoms with Crippen molar-refractivity contribution >= 4 is 0 Å². The van der Waals surface area contributed by atoms with Gasteiger partial charge in [0.2, 0.25) is 0 Å². The second-order valence-electron chi connectivity index (χ2n) is 5.14. The molecule has 1 unspecified atom stereocenters. The molecule has 0 saturated carbocycles. The van der Waals surface area contributed by atoms with Crippen LogP contribution in [0.3, 0.4) is 0 Å². The Balaban J connectivity index is 2.24. The summed E-state index contributed by atoms with van der Waals surface area (Å²) in [6.45, 7) is 10.6. The third-order valence-corrected chi connectivity index (χ3v) is 2.42. The van der Waals surface area contributed by atoms with Gasteiger partial charge in [-0.25, -0.2) is 0 Å². The quantitative estimate of drug-likeness (QED) is 0.748. The van der Waals surface area contributed by atoms with Crippen LogP contribution in [0.2, 0.25) is 0 Å². The fourth-order valence-corrected chi connectivity index (χ4v) is 1.48. The maximum Gasteiger partial charge on any atom is 0.0315 e. The average molecular weight is 221 g/mol. The van der Waals surface area contributed by atoms with E-state index in [9.17, 15) is 0 Å². The fraction of sp³-hybridized carbons (Fsp3) is 0.615. The first-order valence-electron chi connectivity index (χ1n) is 5.87. The van der Waals surface area contributed by atoms with Crippen molar-refractivity contribution in [2.45, 2.75) is 39.3 Å². The lowest BCUT2D eigenvalue weighted by Crippen LogP contribution is -2.40. The number of hydrogen-bond acceptors (Lipinski definition) is 3. The zero-order valence-corrected chi connectivity index (χ0v) is 10.7. The summed E-state index contributed by atoms with van der Waals surface area (Å²) in [4.78, 5) is 4.12. The summed E-state index contributed by atoms with van der Waals surface area (Å²) in [5.41, 5.74) is 1.43. The van der Waals surface area contributed by atoms with Gasteiger partial charge in [0.05, 0.1) is 0 Å². The topological polar surface area (TPSA) is 37.0 Å². The van der Waals surface area contributed by atoms with Crippen LogP contribution >= 0.6 is 0 Å². The minimum atomic E-state index is 0.194. The van der Waals surface area contributed by atoms with Gasteiger partial charge >= 0.3 is 0 Å². The Bertz CT molecular complexity index is 290. The first kappa shape index (κ1) is 13.1. The number of aromatic nitrogens is 1. The van der Waals surface area contributed by atoms with E-state index in [-0.39, 0.29) is 5.54 Å². The van der Waals surface area contributed by atoms with Gasteiger partial charge in [0.1, 0.15) is 0 Å². The van der Waals surface area contributed by atoms with Crippen LogP contribution in [0, 0.1) is 0 Å². The van der Waals surface area contributed by atoms with Gasteiger partial charge in [0, 0.05) is 37.1 Å². The molecular weight excluding hydrogens is 198 g/mol. The van der Waals surface area contributed by atoms with Crippen molar-refractivity contribution in [2.75, 3.05) is 13.1 Å². The van der Waals surface area contributed by atoms with Gasteiger partial charge in [0.15, 0.2) is 0 Å². The van der Waals surface area contributed by atoms with Crippen LogP contribution in [0.4, 0.5) is 0 Å². The highest BCUT2D eigenvalue weighted by atomic mass is 15.0. The Morgan fingerprint density at radius 1 is 1.31 bits per heavy atom. The molecule has 0 fully saturated rings. The average Bonchev–Trinajstić information content (AvgIpc) is 2.24. The summed E-state index contributed by atoms with van der Waals surface area (Å²) in [7, 11) is 0. The SMILES string of the molecule is CC(NCCNC(C)(C)C)c1cccnc1. The van der Waals surface area contributed by atoms with E-state index in [1.165, 1.54) is 5.56 Å². The predicted molar refractivity (Wildman–Crippen MR) is 68.4 cm³/mol. The number of pyridine rings is 1. The molecule has 1 atom stereocenters. The van der Waals surface area contributed by atoms with Crippen molar-refractivity contribution in [3.63, 3.8) is 0 Å². The Morgan fingerprint density at radius 2 is 2.06 bits per heavy atom. The molecule has 0 aliphatic heterocycles. The minimum Gasteiger partial charge on any atom is -0.311 e. The van der Waals surface area contributed by atoms with Crippen LogP contribution < -0.4 is 10.6 Å². The molecule has 1 aromatic rings. The fourth-order valence-electron chi connectivity index (χ4n) is 1.48. The molecule has 2 N–H and O–H groups in total. The summed E-state index contributed by atoms with van der Waals surface area (Å²) in [6.07, 6.45) is 3.71. The second-order valence-corrected chi connectivity index (χ2v) is 5.14. The second kappa shape index (κ2) is 5.97. The predicted octanol–water partition coefficient (Wildman–Crippen LogP) is 2.12. The highest BCUT2D eigenvalue weighted by molar-refractivity contribution is 5.12. The van der Waals surface area contributed by atoms with Crippen molar-refractivity contribution in [1.82, 2.24) is 15.6 Å². The molecule has 1 rings (SSSR count). The summed E-state index contributed by atoms with van der Waals surface area (Å²) < 4.78 is 0. The molecule has 0 amide bonds. The summed E-state index contributed by atoms with van der Waals surface area (Å²) in [5, 5.41) is 6.92. The minimum absolute atomic E-state index is 0.194. The van der Waals surface area contributed by atoms with Crippen LogP contribution in [-0.2, 0) is 0 Å². The smallest absolute Gasteiger partial charge is 0.0315 e. The van der Waals surface area contributed by atoms with Crippen molar-refractivity contribution in [1.29, 1.82) is 0 Å². The molecule has 90 valence electrons. The Kier molecular flexibility index (Phi) is 4.90. The van der Waals surface area contributed by atoms with E-state index < -0.39 is 0 Å². The largest absolute Gasteiger partial charge is 0.311 e. The molecule has 0 aromatic carbocycles. The third-order valence-electron chi connectivity index (χ3n) is 2.42. The zero-order chi connectivity index (χ0) is 12.0. The molecule has 0 aliphatic rings. The van der Waals surface area contributed by atoms with E-state index in [1.54, 1.807) is 6.20 Å². The van der Waals surface area contributed by atoms with Gasteiger partial charge in [-0.05, 0) is 39.3 Å². The first-order valence-corrected chi connectivity index (χ1v) is 5.87. The summed E-state index contributed by atoms with van der Waals surface area (Å²) in [5.74, 6) is 0. The van der Waals surface area contributed by atoms with E-state index in [1.807, 2.05) is 12.3 Å². The molecule has 16 heavy (non-hydrogen) atoms. The van der Waals surface area contributed by atoms with E-state index in [4.69, 9.17) is 0 Å². The van der Waals surface area contributed by atoms with E-state index in [2.05, 4.69) is 49.4 Å². The van der Waals surface area contributed by atoms with Crippen LogP contribution in [0.15, 0.2) is 24.5 Å². The molecule has 0 radical (unpaired) electrons. The van der Waals surface area contributed by atoms with Crippen LogP contribution in [0.1, 0.15) is 39.3 Å². The lowest BCUT2D eigenvalue weighted by molar-refractivity contribution is 0.414. The Labute approximate surface area is 98.7 Å². The number of rotatable bonds is 5. The lowest BCUT2D eigenvalue weighted by Gasteiger charge is -2.21. The number of hydrogen-bond donors (Lipinski definition) is 2. The van der Waals surface area contributed by atoms with Crippen LogP contribution in [0.5, 0.6) is 0 Å². The van der Waals surface area contributed by atoms with Gasteiger partial charge in [-0.2, -0.15) is 0 Å². The lowest BCUT2D eigenvalue weighted by atomic mass is 10.1. The summed E-state index contributed by atoms with van der Waals surface area (Å²) >= 11 is 0. The number of nitrogens with zero attached hydrogens (tertiary/aromatic N) is 1. The van der Waals surface area contributed by atoms with Crippen molar-refractivity contribution in [3.05, 3.63) is 30.1 Å². The molecule has 0 saturated heterocycles. The van der Waals surface area contributed by atoms with Crippen molar-refractivity contribution < 1.29 is 0 Å². The molecule has 1 aromatic heterocycles. The van der Waals surface area contributed by atoms with Crippen molar-refractivity contribution in [2.24, 2.45) is 0 Å². The first-order chi connectivity index (χ1) is 7.49. The maximum absolute atomic E-state index is 4.12. The van der Waals surface area contributed by atoms with Crippen LogP contribution in [-0.4, -0.2) is 23.6 Å². The summed E-state index contributed by atoms with van der Waals surface area (Å²) in [6, 6.07) is 4.43. The van der Waals surface area contributed by atoms with Gasteiger partial charge < -0.3 is 10.6 Å². The highest BCUT2D eigenvalue weighted by Gasteiger charge is 2.08. The van der Waals surface area contributed by atoms with Crippen molar-refractivity contribution in [3.8, 4) is 0 Å². The van der Waals surface area contributed by atoms with E-state index in [0.717, 1.165) is 13.1 Å². The third kappa shape index (κ3) is 5.24. The molecule has 3 nitrogen and oxygen atoms in total. The molecular formula is C13H23N3. The van der Waals surface area contributed by atoms with Gasteiger partial charge in [-0.15, -0.1) is 0 Å². The van der Waals surface area contributed by atoms with E-state index >= 15 is 0 Å². The van der Waals surface area contributed by atoms with Crippen LogP contribution in [0.25, 0.3) is 0 Å². The Hall–Kier alpha value is -0.930. The molecule has 0 spiro atoms. The molecule has 0 bridgehead atoms. The molecule has 3 heteroatoms. The zero-order valence-electron chi connectivity index (χ0n) is 10.7. The number of nitrogens with one attached hydrogen (secondary N) is 2. The molecule has 0 aliphatic carbocycles. The van der Waals surface area contributed by atoms with Gasteiger partial charge in [0.25, 0.3) is 0 Å². The van der Waals surface area contributed by atoms with E-state index in [0.29, 0.717) is 6.04 Å². The molecule has 1 heterocycles. The monoisotopic (exact) mass is 221 g/mol. The highest BCUT2D eigenvalue weighted by Crippen LogP contribution is 2.08. The standard InChI is InChI=1S/C13H23N3/c1-11(12-6-5-7-14-10-12)15-8-9-16-13(2,3)4/h5-7,10-11,15-16H,8-9H2,1-4H3. The normalized spacial score (nSPS) is 13.8. The maximum atomic E-state index is 4.12. The van der Waals surface area contributed by atoms with Gasteiger partial charge in [-0.1, -0.05) is 6.07 Å².